The second kappa shape index (κ2) is 5.93. The zero-order chi connectivity index (χ0) is 13.1. The van der Waals surface area contributed by atoms with Crippen LogP contribution >= 0.6 is 23.4 Å². The molecule has 18 heavy (non-hydrogen) atoms. The first kappa shape index (κ1) is 13.7. The summed E-state index contributed by atoms with van der Waals surface area (Å²) in [5.41, 5.74) is 1.51. The van der Waals surface area contributed by atoms with E-state index in [-0.39, 0.29) is 5.91 Å². The van der Waals surface area contributed by atoms with Crippen LogP contribution in [0.4, 0.5) is 0 Å². The first-order valence-electron chi connectivity index (χ1n) is 6.13. The Morgan fingerprint density at radius 1 is 1.61 bits per heavy atom. The third-order valence-electron chi connectivity index (χ3n) is 3.23. The summed E-state index contributed by atoms with van der Waals surface area (Å²) >= 11 is 7.85. The Kier molecular flexibility index (Phi) is 4.51. The first-order chi connectivity index (χ1) is 8.61. The Bertz CT molecular complexity index is 447. The van der Waals surface area contributed by atoms with Gasteiger partial charge in [0.1, 0.15) is 5.15 Å². The van der Waals surface area contributed by atoms with Gasteiger partial charge in [0.05, 0.1) is 0 Å². The van der Waals surface area contributed by atoms with Crippen molar-refractivity contribution in [1.29, 1.82) is 0 Å². The maximum Gasteiger partial charge on any atom is 0.254 e. The number of amides is 1. The van der Waals surface area contributed by atoms with Crippen molar-refractivity contribution < 1.29 is 4.79 Å². The molecule has 1 atom stereocenters. The second-order valence-corrected chi connectivity index (χ2v) is 5.99. The van der Waals surface area contributed by atoms with Crippen molar-refractivity contribution in [1.82, 2.24) is 9.88 Å². The minimum absolute atomic E-state index is 0.0431. The lowest BCUT2D eigenvalue weighted by atomic mass is 10.1. The van der Waals surface area contributed by atoms with Gasteiger partial charge in [-0.05, 0) is 30.7 Å². The molecular weight excluding hydrogens is 268 g/mol. The van der Waals surface area contributed by atoms with Gasteiger partial charge in [-0.25, -0.2) is 4.98 Å². The number of pyridine rings is 1. The number of halogens is 1. The highest BCUT2D eigenvalue weighted by Crippen LogP contribution is 2.23. The molecule has 1 fully saturated rings. The highest BCUT2D eigenvalue weighted by molar-refractivity contribution is 7.99. The number of aryl methyl sites for hydroxylation is 1. The van der Waals surface area contributed by atoms with Crippen LogP contribution in [0.2, 0.25) is 5.15 Å². The van der Waals surface area contributed by atoms with Gasteiger partial charge in [-0.1, -0.05) is 18.5 Å². The van der Waals surface area contributed by atoms with E-state index in [4.69, 9.17) is 11.6 Å². The Hall–Kier alpha value is -0.740. The molecule has 1 aromatic rings. The SMILES string of the molecule is CCc1cc(C(=O)N(C)C2CCSC2)cc(Cl)n1. The quantitative estimate of drug-likeness (QED) is 0.800. The third-order valence-corrected chi connectivity index (χ3v) is 4.57. The van der Waals surface area contributed by atoms with Crippen LogP contribution in [-0.2, 0) is 6.42 Å². The van der Waals surface area contributed by atoms with Gasteiger partial charge in [-0.3, -0.25) is 4.79 Å². The minimum atomic E-state index is 0.0431. The second-order valence-electron chi connectivity index (χ2n) is 4.46. The zero-order valence-corrected chi connectivity index (χ0v) is 12.2. The number of hydrogen-bond acceptors (Lipinski definition) is 3. The number of carbonyl (C=O) groups is 1. The first-order valence-corrected chi connectivity index (χ1v) is 7.66. The molecule has 3 nitrogen and oxygen atoms in total. The summed E-state index contributed by atoms with van der Waals surface area (Å²) in [5.74, 6) is 2.21. The topological polar surface area (TPSA) is 33.2 Å². The molecule has 0 radical (unpaired) electrons. The lowest BCUT2D eigenvalue weighted by molar-refractivity contribution is 0.0747. The van der Waals surface area contributed by atoms with Crippen molar-refractivity contribution in [3.05, 3.63) is 28.5 Å². The van der Waals surface area contributed by atoms with Gasteiger partial charge in [-0.2, -0.15) is 11.8 Å². The standard InChI is InChI=1S/C13H17ClN2OS/c1-3-10-6-9(7-12(14)15-10)13(17)16(2)11-4-5-18-8-11/h6-7,11H,3-5,8H2,1-2H3. The van der Waals surface area contributed by atoms with Crippen molar-refractivity contribution in [2.75, 3.05) is 18.6 Å². The van der Waals surface area contributed by atoms with Crippen LogP contribution in [0, 0.1) is 0 Å². The molecule has 1 aliphatic rings. The molecule has 2 heterocycles. The highest BCUT2D eigenvalue weighted by atomic mass is 35.5. The molecule has 0 aliphatic carbocycles. The molecule has 98 valence electrons. The highest BCUT2D eigenvalue weighted by Gasteiger charge is 2.25. The average Bonchev–Trinajstić information content (AvgIpc) is 2.90. The Morgan fingerprint density at radius 3 is 3.00 bits per heavy atom. The van der Waals surface area contributed by atoms with Crippen molar-refractivity contribution in [3.63, 3.8) is 0 Å². The number of carbonyl (C=O) groups excluding carboxylic acids is 1. The lowest BCUT2D eigenvalue weighted by Crippen LogP contribution is -2.37. The van der Waals surface area contributed by atoms with E-state index in [0.717, 1.165) is 30.0 Å². The summed E-state index contributed by atoms with van der Waals surface area (Å²) in [7, 11) is 1.87. The van der Waals surface area contributed by atoms with Crippen molar-refractivity contribution in [2.45, 2.75) is 25.8 Å². The monoisotopic (exact) mass is 284 g/mol. The predicted molar refractivity (Wildman–Crippen MR) is 76.4 cm³/mol. The maximum atomic E-state index is 12.4. The summed E-state index contributed by atoms with van der Waals surface area (Å²) in [6.07, 6.45) is 1.86. The number of thioether (sulfide) groups is 1. The number of rotatable bonds is 3. The Balaban J connectivity index is 2.19. The molecule has 5 heteroatoms. The zero-order valence-electron chi connectivity index (χ0n) is 10.6. The van der Waals surface area contributed by atoms with Crippen LogP contribution < -0.4 is 0 Å². The molecule has 0 aromatic carbocycles. The Labute approximate surface area is 117 Å². The summed E-state index contributed by atoms with van der Waals surface area (Å²) < 4.78 is 0. The van der Waals surface area contributed by atoms with Crippen LogP contribution in [0.15, 0.2) is 12.1 Å². The van der Waals surface area contributed by atoms with E-state index in [1.807, 2.05) is 36.7 Å². The molecular formula is C13H17ClN2OS. The molecule has 1 unspecified atom stereocenters. The molecule has 2 rings (SSSR count). The molecule has 1 saturated heterocycles. The summed E-state index contributed by atoms with van der Waals surface area (Å²) in [6, 6.07) is 3.84. The molecule has 1 amide bonds. The molecule has 0 spiro atoms. The van der Waals surface area contributed by atoms with Crippen LogP contribution in [0.1, 0.15) is 29.4 Å². The molecule has 1 aliphatic heterocycles. The van der Waals surface area contributed by atoms with E-state index >= 15 is 0 Å². The van der Waals surface area contributed by atoms with Gasteiger partial charge in [0, 0.05) is 30.1 Å². The van der Waals surface area contributed by atoms with E-state index in [9.17, 15) is 4.79 Å². The summed E-state index contributed by atoms with van der Waals surface area (Å²) in [6.45, 7) is 2.00. The predicted octanol–water partition coefficient (Wildman–Crippen LogP) is 2.87. The molecule has 0 saturated carbocycles. The number of nitrogens with zero attached hydrogens (tertiary/aromatic N) is 2. The smallest absolute Gasteiger partial charge is 0.254 e. The minimum Gasteiger partial charge on any atom is -0.338 e. The van der Waals surface area contributed by atoms with Crippen LogP contribution in [-0.4, -0.2) is 40.4 Å². The van der Waals surface area contributed by atoms with E-state index < -0.39 is 0 Å². The van der Waals surface area contributed by atoms with Crippen molar-refractivity contribution in [3.8, 4) is 0 Å². The van der Waals surface area contributed by atoms with Crippen molar-refractivity contribution >= 4 is 29.3 Å². The third kappa shape index (κ3) is 2.98. The van der Waals surface area contributed by atoms with Gasteiger partial charge in [0.25, 0.3) is 5.91 Å². The Morgan fingerprint density at radius 2 is 2.39 bits per heavy atom. The fraction of sp³-hybridized carbons (Fsp3) is 0.538. The largest absolute Gasteiger partial charge is 0.338 e. The van der Waals surface area contributed by atoms with Crippen LogP contribution in [0.3, 0.4) is 0 Å². The molecule has 0 bridgehead atoms. The van der Waals surface area contributed by atoms with E-state index in [2.05, 4.69) is 4.98 Å². The van der Waals surface area contributed by atoms with Gasteiger partial charge in [0.2, 0.25) is 0 Å². The average molecular weight is 285 g/mol. The van der Waals surface area contributed by atoms with Gasteiger partial charge < -0.3 is 4.90 Å². The normalized spacial score (nSPS) is 18.9. The molecule has 0 N–H and O–H groups in total. The van der Waals surface area contributed by atoms with E-state index in [1.165, 1.54) is 0 Å². The lowest BCUT2D eigenvalue weighted by Gasteiger charge is -2.24. The number of hydrogen-bond donors (Lipinski definition) is 0. The van der Waals surface area contributed by atoms with Crippen LogP contribution in [0.5, 0.6) is 0 Å². The summed E-state index contributed by atoms with van der Waals surface area (Å²) in [4.78, 5) is 18.4. The maximum absolute atomic E-state index is 12.4. The van der Waals surface area contributed by atoms with Gasteiger partial charge in [0.15, 0.2) is 0 Å². The van der Waals surface area contributed by atoms with E-state index in [1.54, 1.807) is 6.07 Å². The van der Waals surface area contributed by atoms with Gasteiger partial charge >= 0.3 is 0 Å². The fourth-order valence-electron chi connectivity index (χ4n) is 2.05. The van der Waals surface area contributed by atoms with Gasteiger partial charge in [-0.15, -0.1) is 0 Å². The summed E-state index contributed by atoms with van der Waals surface area (Å²) in [5, 5.41) is 0.395. The van der Waals surface area contributed by atoms with Crippen molar-refractivity contribution in [2.24, 2.45) is 0 Å². The number of aromatic nitrogens is 1. The van der Waals surface area contributed by atoms with E-state index in [0.29, 0.717) is 16.8 Å². The molecule has 1 aromatic heterocycles. The fourth-order valence-corrected chi connectivity index (χ4v) is 3.55. The van der Waals surface area contributed by atoms with Crippen LogP contribution in [0.25, 0.3) is 0 Å².